The van der Waals surface area contributed by atoms with Crippen molar-refractivity contribution in [1.29, 1.82) is 0 Å². The first-order valence-electron chi connectivity index (χ1n) is 1.91. The molecule has 0 aromatic rings. The van der Waals surface area contributed by atoms with Crippen LogP contribution in [0.15, 0.2) is 12.6 Å². The van der Waals surface area contributed by atoms with Crippen LogP contribution in [0.4, 0.5) is 13.6 Å². The van der Waals surface area contributed by atoms with E-state index in [2.05, 4.69) is 16.1 Å². The monoisotopic (exact) mass is 138 g/mol. The topological polar surface area (TPSA) is 35.5 Å². The van der Waals surface area contributed by atoms with Crippen molar-refractivity contribution < 1.29 is 23.0 Å². The molecular formula is C4H4F2O3. The summed E-state index contributed by atoms with van der Waals surface area (Å²) in [5.41, 5.74) is 0. The maximum Gasteiger partial charge on any atom is 0.518 e. The average Bonchev–Trinajstić information content (AvgIpc) is 1.63. The molecule has 0 fully saturated rings. The van der Waals surface area contributed by atoms with E-state index in [0.717, 1.165) is 0 Å². The van der Waals surface area contributed by atoms with E-state index < -0.39 is 19.0 Å². The van der Waals surface area contributed by atoms with Gasteiger partial charge in [0.05, 0.1) is 0 Å². The summed E-state index contributed by atoms with van der Waals surface area (Å²) in [7, 11) is 0. The zero-order chi connectivity index (χ0) is 7.28. The fourth-order valence-electron chi connectivity index (χ4n) is 0.164. The Balaban J connectivity index is 3.39. The van der Waals surface area contributed by atoms with Crippen molar-refractivity contribution in [3.8, 4) is 0 Å². The largest absolute Gasteiger partial charge is 0.518 e. The molecule has 0 atom stereocenters. The summed E-state index contributed by atoms with van der Waals surface area (Å²) >= 11 is 0. The Labute approximate surface area is 49.9 Å². The Bertz CT molecular complexity index is 123. The summed E-state index contributed by atoms with van der Waals surface area (Å²) in [6, 6.07) is -1.33. The molecule has 5 heteroatoms. The number of hydrogen-bond acceptors (Lipinski definition) is 3. The fourth-order valence-corrected chi connectivity index (χ4v) is 0.164. The number of alkyl halides is 1. The highest BCUT2D eigenvalue weighted by atomic mass is 19.1. The summed E-state index contributed by atoms with van der Waals surface area (Å²) in [4.78, 5) is 9.87. The second-order valence-corrected chi connectivity index (χ2v) is 0.961. The second-order valence-electron chi connectivity index (χ2n) is 0.961. The summed E-state index contributed by atoms with van der Waals surface area (Å²) in [5.74, 6) is 0. The lowest BCUT2D eigenvalue weighted by Crippen LogP contribution is -2.03. The molecule has 0 N–H and O–H groups in total. The van der Waals surface area contributed by atoms with Crippen molar-refractivity contribution in [2.45, 2.75) is 0 Å². The number of carbonyl (C=O) groups excluding carboxylic acids is 1. The van der Waals surface area contributed by atoms with Gasteiger partial charge in [-0.25, -0.2) is 9.18 Å². The third-order valence-corrected chi connectivity index (χ3v) is 0.366. The van der Waals surface area contributed by atoms with E-state index in [4.69, 9.17) is 0 Å². The molecule has 0 aliphatic heterocycles. The molecule has 0 spiro atoms. The van der Waals surface area contributed by atoms with Crippen molar-refractivity contribution in [3.05, 3.63) is 12.6 Å². The minimum Gasteiger partial charge on any atom is -0.402 e. The van der Waals surface area contributed by atoms with Crippen LogP contribution in [0, 0.1) is 0 Å². The molecule has 3 nitrogen and oxygen atoms in total. The highest BCUT2D eigenvalue weighted by Crippen LogP contribution is 1.96. The molecule has 0 radical (unpaired) electrons. The minimum atomic E-state index is -1.44. The van der Waals surface area contributed by atoms with E-state index in [9.17, 15) is 13.6 Å². The third-order valence-electron chi connectivity index (χ3n) is 0.366. The molecule has 0 unspecified atom stereocenters. The fraction of sp³-hybridized carbons (Fsp3) is 0.250. The normalized spacial score (nSPS) is 8.22. The van der Waals surface area contributed by atoms with Gasteiger partial charge >= 0.3 is 6.16 Å². The molecule has 0 bridgehead atoms. The SMILES string of the molecule is C=C(F)OC(=O)OCF. The van der Waals surface area contributed by atoms with E-state index in [1.165, 1.54) is 0 Å². The van der Waals surface area contributed by atoms with Crippen LogP contribution in [0.3, 0.4) is 0 Å². The number of halogens is 2. The summed E-state index contributed by atoms with van der Waals surface area (Å²) in [6.45, 7) is 1.22. The molecular weight excluding hydrogens is 134 g/mol. The number of carbonyl (C=O) groups is 1. The molecule has 9 heavy (non-hydrogen) atoms. The molecule has 0 saturated heterocycles. The Morgan fingerprint density at radius 1 is 1.67 bits per heavy atom. The number of ether oxygens (including phenoxy) is 2. The van der Waals surface area contributed by atoms with Gasteiger partial charge in [0.15, 0.2) is 0 Å². The average molecular weight is 138 g/mol. The van der Waals surface area contributed by atoms with E-state index in [1.807, 2.05) is 0 Å². The van der Waals surface area contributed by atoms with Crippen LogP contribution in [-0.2, 0) is 9.47 Å². The van der Waals surface area contributed by atoms with Gasteiger partial charge in [-0.2, -0.15) is 4.39 Å². The Hall–Kier alpha value is -1.13. The van der Waals surface area contributed by atoms with Gasteiger partial charge in [-0.05, 0) is 6.58 Å². The van der Waals surface area contributed by atoms with Crippen LogP contribution in [0.1, 0.15) is 0 Å². The molecule has 0 saturated carbocycles. The molecule has 52 valence electrons. The molecule has 0 rings (SSSR count). The van der Waals surface area contributed by atoms with Crippen LogP contribution in [0.5, 0.6) is 0 Å². The second kappa shape index (κ2) is 3.82. The number of hydrogen-bond donors (Lipinski definition) is 0. The first-order valence-corrected chi connectivity index (χ1v) is 1.91. The lowest BCUT2D eigenvalue weighted by molar-refractivity contribution is 0.0329. The van der Waals surface area contributed by atoms with Crippen molar-refractivity contribution in [2.24, 2.45) is 0 Å². The van der Waals surface area contributed by atoms with Gasteiger partial charge in [0.25, 0.3) is 6.01 Å². The quantitative estimate of drug-likeness (QED) is 0.428. The van der Waals surface area contributed by atoms with Gasteiger partial charge in [0.1, 0.15) is 0 Å². The maximum atomic E-state index is 11.4. The standard InChI is InChI=1S/C4H4F2O3/c1-3(6)9-4(7)8-2-5/h1-2H2. The lowest BCUT2D eigenvalue weighted by Gasteiger charge is -1.96. The van der Waals surface area contributed by atoms with Gasteiger partial charge in [0, 0.05) is 0 Å². The summed E-state index contributed by atoms with van der Waals surface area (Å²) in [6.07, 6.45) is -1.44. The Kier molecular flexibility index (Phi) is 3.34. The molecule has 0 aliphatic carbocycles. The van der Waals surface area contributed by atoms with Crippen molar-refractivity contribution in [2.75, 3.05) is 6.86 Å². The van der Waals surface area contributed by atoms with E-state index in [0.29, 0.717) is 0 Å². The van der Waals surface area contributed by atoms with Gasteiger partial charge in [0.2, 0.25) is 6.86 Å². The van der Waals surface area contributed by atoms with E-state index in [-0.39, 0.29) is 0 Å². The van der Waals surface area contributed by atoms with Crippen LogP contribution in [0.25, 0.3) is 0 Å². The van der Waals surface area contributed by atoms with Crippen molar-refractivity contribution in [1.82, 2.24) is 0 Å². The van der Waals surface area contributed by atoms with Gasteiger partial charge in [-0.15, -0.1) is 0 Å². The van der Waals surface area contributed by atoms with Gasteiger partial charge in [-0.1, -0.05) is 0 Å². The molecule has 0 aromatic carbocycles. The molecule has 0 heterocycles. The molecule has 0 aliphatic rings. The van der Waals surface area contributed by atoms with Crippen molar-refractivity contribution in [3.63, 3.8) is 0 Å². The Morgan fingerprint density at radius 3 is 2.56 bits per heavy atom. The molecule has 0 aromatic heterocycles. The first-order chi connectivity index (χ1) is 4.16. The van der Waals surface area contributed by atoms with Crippen LogP contribution in [-0.4, -0.2) is 13.0 Å². The third kappa shape index (κ3) is 4.73. The zero-order valence-electron chi connectivity index (χ0n) is 4.39. The molecule has 0 amide bonds. The Morgan fingerprint density at radius 2 is 2.22 bits per heavy atom. The van der Waals surface area contributed by atoms with Crippen LogP contribution < -0.4 is 0 Å². The lowest BCUT2D eigenvalue weighted by atomic mass is 11.1. The predicted octanol–water partition coefficient (Wildman–Crippen LogP) is 1.51. The van der Waals surface area contributed by atoms with E-state index >= 15 is 0 Å². The maximum absolute atomic E-state index is 11.4. The van der Waals surface area contributed by atoms with Gasteiger partial charge < -0.3 is 9.47 Å². The zero-order valence-corrected chi connectivity index (χ0v) is 4.39. The van der Waals surface area contributed by atoms with E-state index in [1.54, 1.807) is 0 Å². The summed E-state index contributed by atoms with van der Waals surface area (Å²) in [5, 5.41) is 0. The van der Waals surface area contributed by atoms with Crippen LogP contribution in [0.2, 0.25) is 0 Å². The van der Waals surface area contributed by atoms with Gasteiger partial charge in [-0.3, -0.25) is 0 Å². The first kappa shape index (κ1) is 7.87. The smallest absolute Gasteiger partial charge is 0.402 e. The minimum absolute atomic E-state index is 1.33. The van der Waals surface area contributed by atoms with Crippen molar-refractivity contribution >= 4 is 6.16 Å². The highest BCUT2D eigenvalue weighted by molar-refractivity contribution is 5.60. The predicted molar refractivity (Wildman–Crippen MR) is 23.8 cm³/mol. The highest BCUT2D eigenvalue weighted by Gasteiger charge is 2.03. The summed E-state index contributed by atoms with van der Waals surface area (Å²) < 4.78 is 29.5. The van der Waals surface area contributed by atoms with Crippen LogP contribution >= 0.6 is 0 Å². The number of rotatable bonds is 2.